The van der Waals surface area contributed by atoms with E-state index in [0.29, 0.717) is 17.3 Å². The monoisotopic (exact) mass is 391 g/mol. The Morgan fingerprint density at radius 3 is 2.59 bits per heavy atom. The van der Waals surface area contributed by atoms with Crippen LogP contribution in [0.1, 0.15) is 30.1 Å². The smallest absolute Gasteiger partial charge is 0.293 e. The average Bonchev–Trinajstić information content (AvgIpc) is 2.65. The number of nitro benzene ring substituents is 1. The first kappa shape index (κ1) is 19.1. The van der Waals surface area contributed by atoms with Gasteiger partial charge in [-0.05, 0) is 49.1 Å². The third-order valence-corrected chi connectivity index (χ3v) is 5.03. The minimum atomic E-state index is -0.592. The highest BCUT2D eigenvalue weighted by molar-refractivity contribution is 6.31. The van der Waals surface area contributed by atoms with Gasteiger partial charge in [0.25, 0.3) is 11.6 Å². The molecule has 0 atom stereocenters. The predicted octanol–water partition coefficient (Wildman–Crippen LogP) is 4.88. The molecule has 1 aliphatic heterocycles. The highest BCUT2D eigenvalue weighted by Crippen LogP contribution is 2.32. The van der Waals surface area contributed by atoms with E-state index in [2.05, 4.69) is 12.2 Å². The molecule has 1 amide bonds. The number of hydrogen-bond acceptors (Lipinski definition) is 4. The van der Waals surface area contributed by atoms with Gasteiger partial charge in [-0.15, -0.1) is 0 Å². The number of nitrogens with zero attached hydrogens (tertiary/aromatic N) is 2. The molecule has 6 nitrogen and oxygen atoms in total. The van der Waals surface area contributed by atoms with E-state index in [4.69, 9.17) is 11.6 Å². The number of nitro groups is 1. The lowest BCUT2D eigenvalue weighted by Crippen LogP contribution is -2.33. The summed E-state index contributed by atoms with van der Waals surface area (Å²) in [5.41, 5.74) is 0.877. The molecule has 2 aromatic carbocycles. The van der Waals surface area contributed by atoms with Crippen molar-refractivity contribution < 1.29 is 14.1 Å². The van der Waals surface area contributed by atoms with Crippen LogP contribution >= 0.6 is 11.6 Å². The van der Waals surface area contributed by atoms with E-state index >= 15 is 0 Å². The molecule has 1 fully saturated rings. The fourth-order valence-corrected chi connectivity index (χ4v) is 3.29. The minimum Gasteiger partial charge on any atom is -0.366 e. The van der Waals surface area contributed by atoms with Crippen LogP contribution in [-0.2, 0) is 0 Å². The van der Waals surface area contributed by atoms with E-state index in [1.807, 2.05) is 4.90 Å². The zero-order chi connectivity index (χ0) is 19.6. The Morgan fingerprint density at radius 1 is 1.26 bits per heavy atom. The number of nitrogens with one attached hydrogen (secondary N) is 1. The van der Waals surface area contributed by atoms with Crippen molar-refractivity contribution in [3.63, 3.8) is 0 Å². The first-order valence-corrected chi connectivity index (χ1v) is 9.02. The first-order chi connectivity index (χ1) is 12.8. The number of rotatable bonds is 4. The number of halogens is 2. The Hall–Kier alpha value is -2.67. The molecular weight excluding hydrogens is 373 g/mol. The molecule has 0 aliphatic carbocycles. The van der Waals surface area contributed by atoms with Crippen LogP contribution in [0.15, 0.2) is 36.4 Å². The van der Waals surface area contributed by atoms with Gasteiger partial charge in [-0.3, -0.25) is 14.9 Å². The molecule has 27 heavy (non-hydrogen) atoms. The Labute approximate surface area is 161 Å². The molecule has 0 spiro atoms. The van der Waals surface area contributed by atoms with Gasteiger partial charge in [0, 0.05) is 30.4 Å². The van der Waals surface area contributed by atoms with Crippen LogP contribution in [0.4, 0.5) is 21.5 Å². The Balaban J connectivity index is 1.83. The maximum Gasteiger partial charge on any atom is 0.293 e. The highest BCUT2D eigenvalue weighted by Gasteiger charge is 2.24. The topological polar surface area (TPSA) is 75.5 Å². The van der Waals surface area contributed by atoms with Gasteiger partial charge in [-0.2, -0.15) is 0 Å². The van der Waals surface area contributed by atoms with Gasteiger partial charge in [0.05, 0.1) is 9.95 Å². The van der Waals surface area contributed by atoms with E-state index in [9.17, 15) is 19.3 Å². The van der Waals surface area contributed by atoms with Gasteiger partial charge >= 0.3 is 0 Å². The van der Waals surface area contributed by atoms with Gasteiger partial charge in [-0.1, -0.05) is 18.5 Å². The van der Waals surface area contributed by atoms with Crippen LogP contribution in [0, 0.1) is 21.8 Å². The summed E-state index contributed by atoms with van der Waals surface area (Å²) in [5, 5.41) is 14.0. The maximum absolute atomic E-state index is 13.2. The number of piperidine rings is 1. The van der Waals surface area contributed by atoms with Crippen LogP contribution < -0.4 is 10.2 Å². The molecule has 0 bridgehead atoms. The molecule has 0 saturated carbocycles. The molecule has 0 unspecified atom stereocenters. The van der Waals surface area contributed by atoms with Gasteiger partial charge in [-0.25, -0.2) is 4.39 Å². The number of hydrogen-bond donors (Lipinski definition) is 1. The number of amides is 1. The molecule has 8 heteroatoms. The number of anilines is 2. The summed E-state index contributed by atoms with van der Waals surface area (Å²) in [7, 11) is 0. The summed E-state index contributed by atoms with van der Waals surface area (Å²) in [6.45, 7) is 3.67. The second kappa shape index (κ2) is 7.92. The predicted molar refractivity (Wildman–Crippen MR) is 103 cm³/mol. The van der Waals surface area contributed by atoms with Crippen LogP contribution in [0.2, 0.25) is 5.02 Å². The van der Waals surface area contributed by atoms with E-state index in [1.165, 1.54) is 18.2 Å². The van der Waals surface area contributed by atoms with E-state index in [1.54, 1.807) is 12.1 Å². The quantitative estimate of drug-likeness (QED) is 0.595. The SMILES string of the molecule is CC1CCN(c2ccc(C(=O)Nc3ccc(F)c(Cl)c3)cc2[N+](=O)[O-])CC1. The molecule has 0 aromatic heterocycles. The van der Waals surface area contributed by atoms with Crippen molar-refractivity contribution in [3.05, 3.63) is 62.9 Å². The van der Waals surface area contributed by atoms with E-state index in [0.717, 1.165) is 32.0 Å². The minimum absolute atomic E-state index is 0.102. The van der Waals surface area contributed by atoms with Crippen LogP contribution in [0.25, 0.3) is 0 Å². The van der Waals surface area contributed by atoms with E-state index in [-0.39, 0.29) is 16.3 Å². The third kappa shape index (κ3) is 4.36. The highest BCUT2D eigenvalue weighted by atomic mass is 35.5. The second-order valence-corrected chi connectivity index (χ2v) is 7.12. The third-order valence-electron chi connectivity index (χ3n) is 4.74. The summed E-state index contributed by atoms with van der Waals surface area (Å²) in [5.74, 6) is -0.516. The first-order valence-electron chi connectivity index (χ1n) is 8.65. The molecule has 1 N–H and O–H groups in total. The fourth-order valence-electron chi connectivity index (χ4n) is 3.10. The largest absolute Gasteiger partial charge is 0.366 e. The van der Waals surface area contributed by atoms with Crippen LogP contribution in [0.5, 0.6) is 0 Å². The van der Waals surface area contributed by atoms with Crippen molar-refractivity contribution in [3.8, 4) is 0 Å². The molecule has 0 radical (unpaired) electrons. The molecule has 1 heterocycles. The van der Waals surface area contributed by atoms with E-state index < -0.39 is 16.6 Å². The lowest BCUT2D eigenvalue weighted by Gasteiger charge is -2.31. The van der Waals surface area contributed by atoms with Gasteiger partial charge < -0.3 is 10.2 Å². The summed E-state index contributed by atoms with van der Waals surface area (Å²) in [6, 6.07) is 8.24. The van der Waals surface area contributed by atoms with Crippen molar-refractivity contribution >= 4 is 34.6 Å². The normalized spacial score (nSPS) is 14.9. The van der Waals surface area contributed by atoms with Gasteiger partial charge in [0.1, 0.15) is 11.5 Å². The molecular formula is C19H19ClFN3O3. The van der Waals surface area contributed by atoms with Crippen molar-refractivity contribution in [1.82, 2.24) is 0 Å². The number of carbonyl (C=O) groups is 1. The average molecular weight is 392 g/mol. The van der Waals surface area contributed by atoms with Crippen molar-refractivity contribution in [2.45, 2.75) is 19.8 Å². The number of benzene rings is 2. The molecule has 1 aliphatic rings. The number of carbonyl (C=O) groups excluding carboxylic acids is 1. The van der Waals surface area contributed by atoms with Crippen LogP contribution in [-0.4, -0.2) is 23.9 Å². The maximum atomic E-state index is 13.2. The molecule has 1 saturated heterocycles. The summed E-state index contributed by atoms with van der Waals surface area (Å²) in [4.78, 5) is 25.5. The lowest BCUT2D eigenvalue weighted by atomic mass is 9.98. The fraction of sp³-hybridized carbons (Fsp3) is 0.316. The van der Waals surface area contributed by atoms with Gasteiger partial charge in [0.2, 0.25) is 0 Å². The van der Waals surface area contributed by atoms with Crippen molar-refractivity contribution in [1.29, 1.82) is 0 Å². The van der Waals surface area contributed by atoms with Crippen LogP contribution in [0.3, 0.4) is 0 Å². The lowest BCUT2D eigenvalue weighted by molar-refractivity contribution is -0.384. The Kier molecular flexibility index (Phi) is 5.60. The Bertz CT molecular complexity index is 882. The van der Waals surface area contributed by atoms with Crippen molar-refractivity contribution in [2.24, 2.45) is 5.92 Å². The second-order valence-electron chi connectivity index (χ2n) is 6.71. The summed E-state index contributed by atoms with van der Waals surface area (Å²) in [6.07, 6.45) is 1.95. The Morgan fingerprint density at radius 2 is 1.96 bits per heavy atom. The summed E-state index contributed by atoms with van der Waals surface area (Å²) < 4.78 is 13.2. The standard InChI is InChI=1S/C19H19ClFN3O3/c1-12-6-8-23(9-7-12)17-5-2-13(10-18(17)24(26)27)19(25)22-14-3-4-16(21)15(20)11-14/h2-5,10-12H,6-9H2,1H3,(H,22,25). The molecule has 3 rings (SSSR count). The summed E-state index contributed by atoms with van der Waals surface area (Å²) >= 11 is 5.71. The molecule has 142 valence electrons. The van der Waals surface area contributed by atoms with Crippen molar-refractivity contribution in [2.75, 3.05) is 23.3 Å². The zero-order valence-electron chi connectivity index (χ0n) is 14.7. The van der Waals surface area contributed by atoms with Gasteiger partial charge in [0.15, 0.2) is 0 Å². The zero-order valence-corrected chi connectivity index (χ0v) is 15.5. The molecule has 2 aromatic rings.